The molecule has 0 aliphatic rings. The molecule has 31 heavy (non-hydrogen) atoms. The van der Waals surface area contributed by atoms with E-state index in [0.29, 0.717) is 23.0 Å². The molecule has 0 spiro atoms. The third kappa shape index (κ3) is 5.10. The van der Waals surface area contributed by atoms with Crippen LogP contribution in [-0.2, 0) is 0 Å². The van der Waals surface area contributed by atoms with Gasteiger partial charge >= 0.3 is 5.69 Å². The van der Waals surface area contributed by atoms with Crippen LogP contribution in [0, 0.1) is 10.1 Å². The average molecular weight is 415 g/mol. The maximum absolute atomic E-state index is 10.8. The Kier molecular flexibility index (Phi) is 5.66. The van der Waals surface area contributed by atoms with Gasteiger partial charge in [-0.2, -0.15) is 0 Å². The van der Waals surface area contributed by atoms with Crippen LogP contribution in [0.15, 0.2) is 97.1 Å². The summed E-state index contributed by atoms with van der Waals surface area (Å²) < 4.78 is 17.2. The Morgan fingerprint density at radius 2 is 0.968 bits per heavy atom. The molecule has 0 saturated carbocycles. The van der Waals surface area contributed by atoms with Gasteiger partial charge in [-0.05, 0) is 66.7 Å². The number of para-hydroxylation sites is 1. The standard InChI is InChI=1S/C24H17NO6/c26-24-16-22(14-15-23(24)25(27)28)31-21-12-10-20(11-13-21)30-19-8-6-18(7-9-19)29-17-4-2-1-3-5-17/h1-16,26H. The predicted molar refractivity (Wildman–Crippen MR) is 114 cm³/mol. The minimum atomic E-state index is -0.661. The number of nitro benzene ring substituents is 1. The molecule has 1 N–H and O–H groups in total. The van der Waals surface area contributed by atoms with Gasteiger partial charge in [-0.3, -0.25) is 10.1 Å². The molecule has 154 valence electrons. The lowest BCUT2D eigenvalue weighted by Crippen LogP contribution is -1.90. The Morgan fingerprint density at radius 3 is 1.39 bits per heavy atom. The van der Waals surface area contributed by atoms with E-state index >= 15 is 0 Å². The molecule has 4 aromatic rings. The third-order valence-corrected chi connectivity index (χ3v) is 4.24. The van der Waals surface area contributed by atoms with Crippen LogP contribution in [0.3, 0.4) is 0 Å². The van der Waals surface area contributed by atoms with E-state index in [1.807, 2.05) is 54.6 Å². The third-order valence-electron chi connectivity index (χ3n) is 4.24. The summed E-state index contributed by atoms with van der Waals surface area (Å²) in [7, 11) is 0. The van der Waals surface area contributed by atoms with E-state index in [0.717, 1.165) is 5.75 Å². The molecule has 0 aliphatic carbocycles. The van der Waals surface area contributed by atoms with Gasteiger partial charge in [-0.25, -0.2) is 0 Å². The Balaban J connectivity index is 1.37. The fourth-order valence-corrected chi connectivity index (χ4v) is 2.77. The second-order valence-electron chi connectivity index (χ2n) is 6.47. The Bertz CT molecular complexity index is 1180. The number of nitro groups is 1. The van der Waals surface area contributed by atoms with Crippen LogP contribution < -0.4 is 14.2 Å². The average Bonchev–Trinajstić information content (AvgIpc) is 2.77. The van der Waals surface area contributed by atoms with Crippen LogP contribution in [0.1, 0.15) is 0 Å². The van der Waals surface area contributed by atoms with Crippen LogP contribution in [0.25, 0.3) is 0 Å². The number of ether oxygens (including phenoxy) is 3. The second kappa shape index (κ2) is 8.87. The minimum Gasteiger partial charge on any atom is -0.502 e. The maximum Gasteiger partial charge on any atom is 0.310 e. The first kappa shape index (κ1) is 19.8. The highest BCUT2D eigenvalue weighted by Crippen LogP contribution is 2.33. The van der Waals surface area contributed by atoms with E-state index in [1.165, 1.54) is 18.2 Å². The lowest BCUT2D eigenvalue weighted by atomic mass is 10.2. The van der Waals surface area contributed by atoms with Crippen molar-refractivity contribution in [3.05, 3.63) is 107 Å². The molecule has 0 bridgehead atoms. The molecule has 4 aromatic carbocycles. The molecule has 7 nitrogen and oxygen atoms in total. The van der Waals surface area contributed by atoms with Gasteiger partial charge < -0.3 is 19.3 Å². The first-order chi connectivity index (χ1) is 15.1. The molecule has 0 saturated heterocycles. The Hall–Kier alpha value is -4.52. The molecule has 0 fully saturated rings. The van der Waals surface area contributed by atoms with Crippen LogP contribution in [0.2, 0.25) is 0 Å². The SMILES string of the molecule is O=[N+]([O-])c1ccc(Oc2ccc(Oc3ccc(Oc4ccccc4)cc3)cc2)cc1O. The summed E-state index contributed by atoms with van der Waals surface area (Å²) in [6, 6.07) is 27.4. The van der Waals surface area contributed by atoms with Crippen LogP contribution >= 0.6 is 0 Å². The van der Waals surface area contributed by atoms with Gasteiger partial charge in [0.25, 0.3) is 0 Å². The topological polar surface area (TPSA) is 91.1 Å². The molecule has 0 unspecified atom stereocenters. The summed E-state index contributed by atoms with van der Waals surface area (Å²) >= 11 is 0. The van der Waals surface area contributed by atoms with Gasteiger partial charge in [-0.1, -0.05) is 18.2 Å². The van der Waals surface area contributed by atoms with E-state index in [4.69, 9.17) is 14.2 Å². The van der Waals surface area contributed by atoms with Crippen molar-refractivity contribution in [3.63, 3.8) is 0 Å². The summed E-state index contributed by atoms with van der Waals surface area (Å²) in [5, 5.41) is 20.5. The monoisotopic (exact) mass is 415 g/mol. The largest absolute Gasteiger partial charge is 0.502 e. The van der Waals surface area contributed by atoms with Crippen molar-refractivity contribution in [2.24, 2.45) is 0 Å². The molecule has 4 rings (SSSR count). The summed E-state index contributed by atoms with van der Waals surface area (Å²) in [5.41, 5.74) is -0.378. The van der Waals surface area contributed by atoms with Gasteiger partial charge in [0.05, 0.1) is 4.92 Å². The highest BCUT2D eigenvalue weighted by molar-refractivity contribution is 5.50. The van der Waals surface area contributed by atoms with Crippen molar-refractivity contribution in [2.75, 3.05) is 0 Å². The Labute approximate surface area is 177 Å². The van der Waals surface area contributed by atoms with Crippen LogP contribution in [0.5, 0.6) is 40.2 Å². The lowest BCUT2D eigenvalue weighted by Gasteiger charge is -2.10. The van der Waals surface area contributed by atoms with Crippen molar-refractivity contribution in [1.29, 1.82) is 0 Å². The molecule has 7 heteroatoms. The number of phenols is 1. The molecule has 0 heterocycles. The summed E-state index contributed by atoms with van der Waals surface area (Å²) in [6.45, 7) is 0. The van der Waals surface area contributed by atoms with Gasteiger partial charge in [0.15, 0.2) is 5.75 Å². The quantitative estimate of drug-likeness (QED) is 0.267. The maximum atomic E-state index is 10.8. The lowest BCUT2D eigenvalue weighted by molar-refractivity contribution is -0.385. The number of hydrogen-bond acceptors (Lipinski definition) is 6. The fraction of sp³-hybridized carbons (Fsp3) is 0. The Morgan fingerprint density at radius 1 is 0.581 bits per heavy atom. The first-order valence-corrected chi connectivity index (χ1v) is 9.33. The molecule has 0 aliphatic heterocycles. The smallest absolute Gasteiger partial charge is 0.310 e. The zero-order valence-corrected chi connectivity index (χ0v) is 16.2. The number of benzene rings is 4. The molecule has 0 radical (unpaired) electrons. The number of rotatable bonds is 7. The first-order valence-electron chi connectivity index (χ1n) is 9.33. The summed E-state index contributed by atoms with van der Waals surface area (Å²) in [4.78, 5) is 10.1. The summed E-state index contributed by atoms with van der Waals surface area (Å²) in [5.74, 6) is 3.03. The van der Waals surface area contributed by atoms with E-state index in [9.17, 15) is 15.2 Å². The van der Waals surface area contributed by atoms with E-state index < -0.39 is 10.7 Å². The van der Waals surface area contributed by atoms with Crippen molar-refractivity contribution in [1.82, 2.24) is 0 Å². The molecule has 0 amide bonds. The van der Waals surface area contributed by atoms with Crippen molar-refractivity contribution >= 4 is 5.69 Å². The highest BCUT2D eigenvalue weighted by atomic mass is 16.6. The predicted octanol–water partition coefficient (Wildman–Crippen LogP) is 6.68. The number of nitrogens with zero attached hydrogens (tertiary/aromatic N) is 1. The normalized spacial score (nSPS) is 10.3. The van der Waals surface area contributed by atoms with Crippen molar-refractivity contribution < 1.29 is 24.2 Å². The highest BCUT2D eigenvalue weighted by Gasteiger charge is 2.13. The molecule has 0 aromatic heterocycles. The van der Waals surface area contributed by atoms with Crippen LogP contribution in [-0.4, -0.2) is 10.0 Å². The van der Waals surface area contributed by atoms with E-state index in [2.05, 4.69) is 0 Å². The van der Waals surface area contributed by atoms with Gasteiger partial charge in [0, 0.05) is 12.1 Å². The van der Waals surface area contributed by atoms with Gasteiger partial charge in [-0.15, -0.1) is 0 Å². The minimum absolute atomic E-state index is 0.283. The van der Waals surface area contributed by atoms with E-state index in [1.54, 1.807) is 24.3 Å². The number of hydrogen-bond donors (Lipinski definition) is 1. The zero-order valence-electron chi connectivity index (χ0n) is 16.2. The number of phenolic OH excluding ortho intramolecular Hbond substituents is 1. The van der Waals surface area contributed by atoms with Crippen molar-refractivity contribution in [2.45, 2.75) is 0 Å². The molecular weight excluding hydrogens is 398 g/mol. The fourth-order valence-electron chi connectivity index (χ4n) is 2.77. The van der Waals surface area contributed by atoms with Gasteiger partial charge in [0.1, 0.15) is 34.5 Å². The molecule has 0 atom stereocenters. The number of aromatic hydroxyl groups is 1. The molecular formula is C24H17NO6. The second-order valence-corrected chi connectivity index (χ2v) is 6.47. The van der Waals surface area contributed by atoms with Gasteiger partial charge in [0.2, 0.25) is 0 Å². The van der Waals surface area contributed by atoms with E-state index in [-0.39, 0.29) is 11.4 Å². The van der Waals surface area contributed by atoms with Crippen LogP contribution in [0.4, 0.5) is 5.69 Å². The summed E-state index contributed by atoms with van der Waals surface area (Å²) in [6.07, 6.45) is 0. The van der Waals surface area contributed by atoms with Crippen molar-refractivity contribution in [3.8, 4) is 40.2 Å². The zero-order chi connectivity index (χ0) is 21.6.